The number of halogens is 1. The fraction of sp³-hybridized carbons (Fsp3) is 0.588. The maximum absolute atomic E-state index is 6.11. The Bertz CT molecular complexity index is 543. The molecule has 0 atom stereocenters. The van der Waals surface area contributed by atoms with Crippen LogP contribution >= 0.6 is 11.6 Å². The fourth-order valence-electron chi connectivity index (χ4n) is 3.12. The van der Waals surface area contributed by atoms with Crippen LogP contribution in [0.1, 0.15) is 32.1 Å². The molecule has 0 saturated heterocycles. The molecule has 0 unspecified atom stereocenters. The van der Waals surface area contributed by atoms with E-state index in [1.54, 1.807) is 26.4 Å². The standard InChI is InChI=1S/C17H26ClN3O2/c1-22-10-9-17(7-3-4-8-17)12-20-16(19)21-13-5-6-15(23-2)14(18)11-13/h5-6,11H,3-4,7-10,12H2,1-2H3,(H3,19,20,21). The van der Waals surface area contributed by atoms with Gasteiger partial charge < -0.3 is 20.5 Å². The van der Waals surface area contributed by atoms with Gasteiger partial charge in [-0.25, -0.2) is 0 Å². The van der Waals surface area contributed by atoms with Crippen LogP contribution in [0.5, 0.6) is 5.75 Å². The van der Waals surface area contributed by atoms with E-state index in [9.17, 15) is 0 Å². The number of nitrogens with two attached hydrogens (primary N) is 1. The Hall–Kier alpha value is -1.46. The van der Waals surface area contributed by atoms with E-state index in [4.69, 9.17) is 26.8 Å². The average Bonchev–Trinajstić information content (AvgIpc) is 3.01. The highest BCUT2D eigenvalue weighted by atomic mass is 35.5. The number of rotatable bonds is 7. The van der Waals surface area contributed by atoms with E-state index in [-0.39, 0.29) is 5.41 Å². The number of benzene rings is 1. The zero-order valence-corrected chi connectivity index (χ0v) is 14.7. The summed E-state index contributed by atoms with van der Waals surface area (Å²) in [5, 5.41) is 3.63. The van der Waals surface area contributed by atoms with Crippen molar-refractivity contribution < 1.29 is 9.47 Å². The van der Waals surface area contributed by atoms with E-state index in [1.807, 2.05) is 6.07 Å². The molecule has 0 spiro atoms. The highest BCUT2D eigenvalue weighted by molar-refractivity contribution is 6.32. The Morgan fingerprint density at radius 1 is 1.35 bits per heavy atom. The lowest BCUT2D eigenvalue weighted by Crippen LogP contribution is -2.28. The number of nitrogens with zero attached hydrogens (tertiary/aromatic N) is 1. The van der Waals surface area contributed by atoms with Gasteiger partial charge in [0.05, 0.1) is 12.1 Å². The van der Waals surface area contributed by atoms with Crippen LogP contribution < -0.4 is 15.8 Å². The number of methoxy groups -OCH3 is 2. The second-order valence-electron chi connectivity index (χ2n) is 6.13. The SMILES string of the molecule is COCCC1(CN=C(N)Nc2ccc(OC)c(Cl)c2)CCCC1. The van der Waals surface area contributed by atoms with E-state index < -0.39 is 0 Å². The molecule has 0 bridgehead atoms. The van der Waals surface area contributed by atoms with E-state index in [0.717, 1.165) is 25.3 Å². The number of anilines is 1. The summed E-state index contributed by atoms with van der Waals surface area (Å²) < 4.78 is 10.4. The summed E-state index contributed by atoms with van der Waals surface area (Å²) >= 11 is 6.11. The van der Waals surface area contributed by atoms with Crippen molar-refractivity contribution in [3.05, 3.63) is 23.2 Å². The highest BCUT2D eigenvalue weighted by Gasteiger charge is 2.33. The smallest absolute Gasteiger partial charge is 0.193 e. The van der Waals surface area contributed by atoms with Gasteiger partial charge in [-0.3, -0.25) is 4.99 Å². The van der Waals surface area contributed by atoms with Gasteiger partial charge in [-0.2, -0.15) is 0 Å². The van der Waals surface area contributed by atoms with Gasteiger partial charge in [-0.15, -0.1) is 0 Å². The minimum atomic E-state index is 0.236. The van der Waals surface area contributed by atoms with E-state index >= 15 is 0 Å². The van der Waals surface area contributed by atoms with Crippen LogP contribution in [0, 0.1) is 5.41 Å². The number of ether oxygens (including phenoxy) is 2. The predicted molar refractivity (Wildman–Crippen MR) is 95.5 cm³/mol. The third-order valence-electron chi connectivity index (χ3n) is 4.51. The number of guanidine groups is 1. The molecule has 23 heavy (non-hydrogen) atoms. The summed E-state index contributed by atoms with van der Waals surface area (Å²) in [5.74, 6) is 1.05. The highest BCUT2D eigenvalue weighted by Crippen LogP contribution is 2.41. The molecule has 0 radical (unpaired) electrons. The summed E-state index contributed by atoms with van der Waals surface area (Å²) in [6.45, 7) is 1.51. The van der Waals surface area contributed by atoms with Gasteiger partial charge in [0.1, 0.15) is 5.75 Å². The Kier molecular flexibility index (Phi) is 6.54. The summed E-state index contributed by atoms with van der Waals surface area (Å²) in [4.78, 5) is 4.55. The van der Waals surface area contributed by atoms with Crippen LogP contribution in [0.2, 0.25) is 5.02 Å². The number of hydrogen-bond acceptors (Lipinski definition) is 3. The molecule has 2 rings (SSSR count). The second-order valence-corrected chi connectivity index (χ2v) is 6.53. The summed E-state index contributed by atoms with van der Waals surface area (Å²) in [7, 11) is 3.33. The van der Waals surface area contributed by atoms with E-state index in [1.165, 1.54) is 25.7 Å². The van der Waals surface area contributed by atoms with E-state index in [0.29, 0.717) is 16.7 Å². The minimum Gasteiger partial charge on any atom is -0.495 e. The molecular formula is C17H26ClN3O2. The molecule has 1 aliphatic carbocycles. The number of aliphatic imine (C=N–C) groups is 1. The largest absolute Gasteiger partial charge is 0.495 e. The van der Waals surface area contributed by atoms with Crippen molar-refractivity contribution >= 4 is 23.2 Å². The molecule has 0 aromatic heterocycles. The average molecular weight is 340 g/mol. The zero-order chi connectivity index (χ0) is 16.7. The topological polar surface area (TPSA) is 68.9 Å². The summed E-state index contributed by atoms with van der Waals surface area (Å²) in [5.41, 5.74) is 7.06. The van der Waals surface area contributed by atoms with Gasteiger partial charge in [0.2, 0.25) is 0 Å². The number of nitrogens with one attached hydrogen (secondary N) is 1. The normalized spacial score (nSPS) is 17.3. The lowest BCUT2D eigenvalue weighted by Gasteiger charge is -2.26. The maximum atomic E-state index is 6.11. The van der Waals surface area contributed by atoms with Gasteiger partial charge in [0, 0.05) is 25.9 Å². The molecule has 1 aliphatic rings. The molecule has 128 valence electrons. The lowest BCUT2D eigenvalue weighted by molar-refractivity contribution is 0.141. The van der Waals surface area contributed by atoms with Crippen LogP contribution in [-0.4, -0.2) is 33.3 Å². The summed E-state index contributed by atoms with van der Waals surface area (Å²) in [6.07, 6.45) is 5.96. The van der Waals surface area contributed by atoms with Crippen molar-refractivity contribution in [2.45, 2.75) is 32.1 Å². The van der Waals surface area contributed by atoms with Crippen LogP contribution in [0.4, 0.5) is 5.69 Å². The third-order valence-corrected chi connectivity index (χ3v) is 4.81. The van der Waals surface area contributed by atoms with Crippen LogP contribution in [0.3, 0.4) is 0 Å². The Morgan fingerprint density at radius 3 is 2.70 bits per heavy atom. The van der Waals surface area contributed by atoms with Crippen molar-refractivity contribution in [2.75, 3.05) is 32.7 Å². The van der Waals surface area contributed by atoms with Gasteiger partial charge in [-0.1, -0.05) is 24.4 Å². The monoisotopic (exact) mass is 339 g/mol. The molecule has 0 aliphatic heterocycles. The van der Waals surface area contributed by atoms with Crippen molar-refractivity contribution in [1.29, 1.82) is 0 Å². The van der Waals surface area contributed by atoms with Crippen molar-refractivity contribution in [2.24, 2.45) is 16.1 Å². The molecule has 3 N–H and O–H groups in total. The van der Waals surface area contributed by atoms with Crippen LogP contribution in [0.15, 0.2) is 23.2 Å². The molecule has 6 heteroatoms. The second kappa shape index (κ2) is 8.41. The van der Waals surface area contributed by atoms with Gasteiger partial charge in [0.25, 0.3) is 0 Å². The quantitative estimate of drug-likeness (QED) is 0.587. The number of hydrogen-bond donors (Lipinski definition) is 2. The summed E-state index contributed by atoms with van der Waals surface area (Å²) in [6, 6.07) is 5.44. The van der Waals surface area contributed by atoms with Crippen molar-refractivity contribution in [3.8, 4) is 5.75 Å². The first-order valence-corrected chi connectivity index (χ1v) is 8.36. The Morgan fingerprint density at radius 2 is 2.09 bits per heavy atom. The van der Waals surface area contributed by atoms with Crippen molar-refractivity contribution in [1.82, 2.24) is 0 Å². The first-order chi connectivity index (χ1) is 11.1. The van der Waals surface area contributed by atoms with Crippen LogP contribution in [-0.2, 0) is 4.74 Å². The molecular weight excluding hydrogens is 314 g/mol. The van der Waals surface area contributed by atoms with Gasteiger partial charge in [0.15, 0.2) is 5.96 Å². The zero-order valence-electron chi connectivity index (χ0n) is 13.9. The Labute approximate surface area is 143 Å². The third kappa shape index (κ3) is 5.01. The molecule has 0 amide bonds. The predicted octanol–water partition coefficient (Wildman–Crippen LogP) is 3.67. The van der Waals surface area contributed by atoms with Gasteiger partial charge in [-0.05, 0) is 42.9 Å². The van der Waals surface area contributed by atoms with E-state index in [2.05, 4.69) is 10.3 Å². The molecule has 1 saturated carbocycles. The fourth-order valence-corrected chi connectivity index (χ4v) is 3.37. The molecule has 1 aromatic rings. The molecule has 1 aromatic carbocycles. The Balaban J connectivity index is 1.97. The molecule has 1 fully saturated rings. The lowest BCUT2D eigenvalue weighted by atomic mass is 9.83. The van der Waals surface area contributed by atoms with Crippen molar-refractivity contribution in [3.63, 3.8) is 0 Å². The molecule has 5 nitrogen and oxygen atoms in total. The van der Waals surface area contributed by atoms with Gasteiger partial charge >= 0.3 is 0 Å². The molecule has 0 heterocycles. The first-order valence-electron chi connectivity index (χ1n) is 7.98. The first kappa shape index (κ1) is 17.9. The van der Waals surface area contributed by atoms with Crippen LogP contribution in [0.25, 0.3) is 0 Å². The minimum absolute atomic E-state index is 0.236. The maximum Gasteiger partial charge on any atom is 0.193 e.